The molecule has 0 spiro atoms. The number of hydrogen-bond acceptors (Lipinski definition) is 0. The Morgan fingerprint density at radius 1 is 1.06 bits per heavy atom. The van der Waals surface area contributed by atoms with E-state index in [4.69, 9.17) is 0 Å². The zero-order valence-corrected chi connectivity index (χ0v) is 12.3. The molecule has 2 aromatic rings. The minimum Gasteiger partial charge on any atom is -0.227 e. The zero-order chi connectivity index (χ0) is 13.3. The SMILES string of the molecule is Cc1n(CC(C)C)c2ccccc2[n+]1CC(C)C. The van der Waals surface area contributed by atoms with Gasteiger partial charge in [0.15, 0.2) is 11.0 Å². The summed E-state index contributed by atoms with van der Waals surface area (Å²) in [4.78, 5) is 0. The largest absolute Gasteiger partial charge is 0.254 e. The molecular weight excluding hydrogens is 220 g/mol. The zero-order valence-electron chi connectivity index (χ0n) is 12.3. The van der Waals surface area contributed by atoms with Crippen molar-refractivity contribution >= 4 is 11.0 Å². The van der Waals surface area contributed by atoms with Crippen LogP contribution in [0.15, 0.2) is 24.3 Å². The van der Waals surface area contributed by atoms with Gasteiger partial charge in [0.25, 0.3) is 5.82 Å². The van der Waals surface area contributed by atoms with E-state index < -0.39 is 0 Å². The lowest BCUT2D eigenvalue weighted by molar-refractivity contribution is -0.684. The molecule has 0 radical (unpaired) electrons. The van der Waals surface area contributed by atoms with Gasteiger partial charge in [-0.05, 0) is 24.0 Å². The van der Waals surface area contributed by atoms with Crippen LogP contribution < -0.4 is 4.57 Å². The first-order valence-corrected chi connectivity index (χ1v) is 6.98. The highest BCUT2D eigenvalue weighted by Gasteiger charge is 2.21. The first-order chi connectivity index (χ1) is 8.50. The lowest BCUT2D eigenvalue weighted by Gasteiger charge is -2.05. The van der Waals surface area contributed by atoms with Crippen LogP contribution in [0.25, 0.3) is 11.0 Å². The fourth-order valence-corrected chi connectivity index (χ4v) is 2.61. The first kappa shape index (κ1) is 13.1. The fraction of sp³-hybridized carbons (Fsp3) is 0.562. The van der Waals surface area contributed by atoms with Gasteiger partial charge in [-0.25, -0.2) is 9.13 Å². The molecule has 2 heteroatoms. The van der Waals surface area contributed by atoms with Gasteiger partial charge in [-0.2, -0.15) is 0 Å². The maximum atomic E-state index is 2.46. The van der Waals surface area contributed by atoms with Gasteiger partial charge in [-0.1, -0.05) is 39.8 Å². The average molecular weight is 245 g/mol. The van der Waals surface area contributed by atoms with E-state index in [1.165, 1.54) is 16.9 Å². The molecule has 1 heterocycles. The van der Waals surface area contributed by atoms with Gasteiger partial charge in [0.05, 0.1) is 13.1 Å². The molecule has 0 saturated heterocycles. The molecule has 0 unspecified atom stereocenters. The number of fused-ring (bicyclic) bond motifs is 1. The Hall–Kier alpha value is -1.31. The highest BCUT2D eigenvalue weighted by atomic mass is 15.2. The second kappa shape index (κ2) is 5.13. The van der Waals surface area contributed by atoms with Gasteiger partial charge < -0.3 is 0 Å². The lowest BCUT2D eigenvalue weighted by Crippen LogP contribution is -2.39. The van der Waals surface area contributed by atoms with Gasteiger partial charge in [0, 0.05) is 6.92 Å². The van der Waals surface area contributed by atoms with Crippen molar-refractivity contribution < 1.29 is 4.57 Å². The Labute approximate surface area is 110 Å². The monoisotopic (exact) mass is 245 g/mol. The summed E-state index contributed by atoms with van der Waals surface area (Å²) in [6.07, 6.45) is 0. The molecule has 0 saturated carbocycles. The molecule has 0 aliphatic heterocycles. The summed E-state index contributed by atoms with van der Waals surface area (Å²) >= 11 is 0. The Balaban J connectivity index is 2.59. The van der Waals surface area contributed by atoms with E-state index in [0.29, 0.717) is 11.8 Å². The molecule has 0 atom stereocenters. The van der Waals surface area contributed by atoms with Crippen LogP contribution in [0.3, 0.4) is 0 Å². The molecular formula is C16H25N2+. The average Bonchev–Trinajstić information content (AvgIpc) is 2.54. The maximum absolute atomic E-state index is 2.46. The van der Waals surface area contributed by atoms with Gasteiger partial charge >= 0.3 is 0 Å². The minimum atomic E-state index is 0.673. The van der Waals surface area contributed by atoms with E-state index in [1.54, 1.807) is 0 Å². The molecule has 18 heavy (non-hydrogen) atoms. The highest BCUT2D eigenvalue weighted by Crippen LogP contribution is 2.16. The molecule has 0 aliphatic carbocycles. The third kappa shape index (κ3) is 2.43. The van der Waals surface area contributed by atoms with Crippen LogP contribution in [0.2, 0.25) is 0 Å². The number of para-hydroxylation sites is 2. The Morgan fingerprint density at radius 2 is 1.72 bits per heavy atom. The number of aromatic nitrogens is 2. The van der Waals surface area contributed by atoms with Crippen molar-refractivity contribution in [1.29, 1.82) is 0 Å². The van der Waals surface area contributed by atoms with E-state index >= 15 is 0 Å². The van der Waals surface area contributed by atoms with Crippen LogP contribution >= 0.6 is 0 Å². The summed E-state index contributed by atoms with van der Waals surface area (Å²) in [5.41, 5.74) is 2.73. The van der Waals surface area contributed by atoms with Crippen molar-refractivity contribution in [3.8, 4) is 0 Å². The van der Waals surface area contributed by atoms with Crippen molar-refractivity contribution in [3.63, 3.8) is 0 Å². The van der Waals surface area contributed by atoms with Crippen LogP contribution in [-0.4, -0.2) is 4.57 Å². The van der Waals surface area contributed by atoms with Gasteiger partial charge in [-0.15, -0.1) is 0 Å². The van der Waals surface area contributed by atoms with Crippen molar-refractivity contribution in [3.05, 3.63) is 30.1 Å². The standard InChI is InChI=1S/C16H25N2/c1-12(2)10-17-14(5)18(11-13(3)4)16-9-7-6-8-15(16)17/h6-9,12-13H,10-11H2,1-5H3/q+1. The lowest BCUT2D eigenvalue weighted by atomic mass is 10.2. The number of benzene rings is 1. The molecule has 0 N–H and O–H groups in total. The number of nitrogens with zero attached hydrogens (tertiary/aromatic N) is 2. The number of imidazole rings is 1. The molecule has 1 aromatic carbocycles. The normalized spacial score (nSPS) is 11.9. The van der Waals surface area contributed by atoms with Crippen LogP contribution in [0.5, 0.6) is 0 Å². The summed E-state index contributed by atoms with van der Waals surface area (Å²) in [6, 6.07) is 8.75. The summed E-state index contributed by atoms with van der Waals surface area (Å²) in [5, 5.41) is 0. The quantitative estimate of drug-likeness (QED) is 0.728. The van der Waals surface area contributed by atoms with Crippen LogP contribution in [0, 0.1) is 18.8 Å². The maximum Gasteiger partial charge on any atom is 0.254 e. The van der Waals surface area contributed by atoms with Crippen LogP contribution in [-0.2, 0) is 13.1 Å². The number of rotatable bonds is 4. The predicted molar refractivity (Wildman–Crippen MR) is 76.5 cm³/mol. The second-order valence-electron chi connectivity index (χ2n) is 6.04. The van der Waals surface area contributed by atoms with Crippen LogP contribution in [0.1, 0.15) is 33.5 Å². The minimum absolute atomic E-state index is 0.673. The van der Waals surface area contributed by atoms with E-state index in [0.717, 1.165) is 13.1 Å². The molecule has 2 nitrogen and oxygen atoms in total. The summed E-state index contributed by atoms with van der Waals surface area (Å²) in [7, 11) is 0. The Morgan fingerprint density at radius 3 is 2.33 bits per heavy atom. The highest BCUT2D eigenvalue weighted by molar-refractivity contribution is 5.72. The molecule has 0 bridgehead atoms. The smallest absolute Gasteiger partial charge is 0.227 e. The van der Waals surface area contributed by atoms with Gasteiger partial charge in [0.2, 0.25) is 0 Å². The van der Waals surface area contributed by atoms with Gasteiger partial charge in [-0.3, -0.25) is 0 Å². The molecule has 98 valence electrons. The molecule has 0 fully saturated rings. The third-order valence-electron chi connectivity index (χ3n) is 3.34. The van der Waals surface area contributed by atoms with Crippen molar-refractivity contribution in [2.75, 3.05) is 0 Å². The molecule has 1 aromatic heterocycles. The van der Waals surface area contributed by atoms with Crippen LogP contribution in [0.4, 0.5) is 0 Å². The number of hydrogen-bond donors (Lipinski definition) is 0. The fourth-order valence-electron chi connectivity index (χ4n) is 2.61. The topological polar surface area (TPSA) is 8.81 Å². The summed E-state index contributed by atoms with van der Waals surface area (Å²) in [5.74, 6) is 2.72. The predicted octanol–water partition coefficient (Wildman–Crippen LogP) is 3.55. The van der Waals surface area contributed by atoms with Crippen molar-refractivity contribution in [1.82, 2.24) is 4.57 Å². The van der Waals surface area contributed by atoms with E-state index in [2.05, 4.69) is 68.0 Å². The van der Waals surface area contributed by atoms with E-state index in [9.17, 15) is 0 Å². The van der Waals surface area contributed by atoms with Crippen molar-refractivity contribution in [2.45, 2.75) is 47.7 Å². The van der Waals surface area contributed by atoms with E-state index in [-0.39, 0.29) is 0 Å². The van der Waals surface area contributed by atoms with E-state index in [1.807, 2.05) is 0 Å². The second-order valence-corrected chi connectivity index (χ2v) is 6.04. The molecule has 0 amide bonds. The summed E-state index contributed by atoms with van der Waals surface area (Å²) < 4.78 is 4.92. The molecule has 2 rings (SSSR count). The summed E-state index contributed by atoms with van der Waals surface area (Å²) in [6.45, 7) is 13.5. The van der Waals surface area contributed by atoms with Gasteiger partial charge in [0.1, 0.15) is 0 Å². The van der Waals surface area contributed by atoms with Crippen molar-refractivity contribution in [2.24, 2.45) is 11.8 Å². The third-order valence-corrected chi connectivity index (χ3v) is 3.34. The first-order valence-electron chi connectivity index (χ1n) is 6.98. The Bertz CT molecular complexity index is 488. The Kier molecular flexibility index (Phi) is 3.74. The molecule has 0 aliphatic rings.